The van der Waals surface area contributed by atoms with Crippen molar-refractivity contribution in [3.8, 4) is 0 Å². The summed E-state index contributed by atoms with van der Waals surface area (Å²) in [4.78, 5) is 38.4. The van der Waals surface area contributed by atoms with Crippen molar-refractivity contribution in [2.45, 2.75) is 297 Å². The van der Waals surface area contributed by atoms with Crippen LogP contribution >= 0.6 is 0 Å². The van der Waals surface area contributed by atoms with E-state index in [9.17, 15) is 14.4 Å². The highest BCUT2D eigenvalue weighted by Crippen LogP contribution is 2.15. The van der Waals surface area contributed by atoms with E-state index in [2.05, 4.69) is 179 Å². The fourth-order valence-corrected chi connectivity index (χ4v) is 8.97. The van der Waals surface area contributed by atoms with Crippen LogP contribution in [0.25, 0.3) is 0 Å². The highest BCUT2D eigenvalue weighted by molar-refractivity contribution is 5.71. The van der Waals surface area contributed by atoms with Crippen molar-refractivity contribution < 1.29 is 28.6 Å². The van der Waals surface area contributed by atoms with Gasteiger partial charge in [0.1, 0.15) is 13.2 Å². The molecule has 6 heteroatoms. The second-order valence-corrected chi connectivity index (χ2v) is 22.0. The lowest BCUT2D eigenvalue weighted by atomic mass is 10.1. The summed E-state index contributed by atoms with van der Waals surface area (Å²) in [7, 11) is 0. The molecule has 0 N–H and O–H groups in total. The molecule has 6 nitrogen and oxygen atoms in total. The third-order valence-corrected chi connectivity index (χ3v) is 14.0. The molecule has 0 saturated carbocycles. The molecule has 1 atom stereocenters. The Morgan fingerprint density at radius 2 is 0.470 bits per heavy atom. The zero-order chi connectivity index (χ0) is 59.9. The predicted molar refractivity (Wildman–Crippen MR) is 362 cm³/mol. The van der Waals surface area contributed by atoms with Crippen LogP contribution in [0.1, 0.15) is 290 Å². The standard InChI is InChI=1S/C77H124O6/c1-4-7-10-13-16-19-22-25-28-31-33-35-36-37-38-39-40-42-43-46-49-52-55-58-61-64-67-70-76(79)82-73-74(72-81-75(78)69-66-63-60-57-54-51-48-45-30-27-24-21-18-15-12-9-6-3)83-77(80)71-68-65-62-59-56-53-50-47-44-41-34-32-29-26-23-20-17-14-11-8-5-2/h7,9-10,12,16,18-19,21,23,25-28,30,32-35,37-38,40,42,46,49,55,58,74H,4-6,8,11,13-15,17,20,22,24,29,31,36,39,41,43-45,47-48,50-54,56-57,59-73H2,1-3H3/b10-7-,12-9-,19-16-,21-18-,26-23-,28-25-,30-27-,34-32-,35-33-,38-37-,42-40-,49-46-,58-55-. The number of ether oxygens (including phenoxy) is 3. The summed E-state index contributed by atoms with van der Waals surface area (Å²) in [6, 6.07) is 0. The molecule has 0 radical (unpaired) electrons. The van der Waals surface area contributed by atoms with Gasteiger partial charge in [-0.3, -0.25) is 14.4 Å². The lowest BCUT2D eigenvalue weighted by Gasteiger charge is -2.18. The topological polar surface area (TPSA) is 78.9 Å². The van der Waals surface area contributed by atoms with Gasteiger partial charge in [0.15, 0.2) is 6.10 Å². The van der Waals surface area contributed by atoms with E-state index in [1.807, 2.05) is 0 Å². The normalized spacial score (nSPS) is 13.1. The Hall–Kier alpha value is -4.97. The molecule has 0 aliphatic heterocycles. The van der Waals surface area contributed by atoms with Gasteiger partial charge < -0.3 is 14.2 Å². The molecule has 0 amide bonds. The zero-order valence-corrected chi connectivity index (χ0v) is 53.7. The molecule has 0 aliphatic carbocycles. The first-order valence-electron chi connectivity index (χ1n) is 34.0. The fraction of sp³-hybridized carbons (Fsp3) is 0.623. The molecule has 0 spiro atoms. The molecule has 0 aromatic rings. The third kappa shape index (κ3) is 67.7. The van der Waals surface area contributed by atoms with Crippen molar-refractivity contribution in [1.82, 2.24) is 0 Å². The molecule has 0 fully saturated rings. The van der Waals surface area contributed by atoms with Gasteiger partial charge in [-0.25, -0.2) is 0 Å². The Balaban J connectivity index is 4.50. The number of carbonyl (C=O) groups is 3. The smallest absolute Gasteiger partial charge is 0.306 e. The zero-order valence-electron chi connectivity index (χ0n) is 53.7. The highest BCUT2D eigenvalue weighted by Gasteiger charge is 2.19. The van der Waals surface area contributed by atoms with E-state index in [1.165, 1.54) is 109 Å². The van der Waals surface area contributed by atoms with Gasteiger partial charge in [-0.05, 0) is 148 Å². The van der Waals surface area contributed by atoms with E-state index in [-0.39, 0.29) is 31.1 Å². The molecule has 1 unspecified atom stereocenters. The maximum atomic E-state index is 13.0. The van der Waals surface area contributed by atoms with Crippen molar-refractivity contribution in [2.75, 3.05) is 13.2 Å². The van der Waals surface area contributed by atoms with Gasteiger partial charge in [0.05, 0.1) is 0 Å². The van der Waals surface area contributed by atoms with E-state index in [1.54, 1.807) is 0 Å². The number of unbranched alkanes of at least 4 members (excludes halogenated alkanes) is 23. The maximum Gasteiger partial charge on any atom is 0.306 e. The molecular formula is C77H124O6. The second kappa shape index (κ2) is 69.5. The van der Waals surface area contributed by atoms with Crippen LogP contribution in [-0.2, 0) is 28.6 Å². The van der Waals surface area contributed by atoms with E-state index in [4.69, 9.17) is 14.2 Å². The van der Waals surface area contributed by atoms with Crippen LogP contribution in [0.2, 0.25) is 0 Å². The predicted octanol–water partition coefficient (Wildman–Crippen LogP) is 23.7. The second-order valence-electron chi connectivity index (χ2n) is 22.0. The summed E-state index contributed by atoms with van der Waals surface area (Å²) >= 11 is 0. The first-order valence-corrected chi connectivity index (χ1v) is 34.0. The average Bonchev–Trinajstić information content (AvgIpc) is 3.49. The number of esters is 3. The number of allylic oxidation sites excluding steroid dienone is 26. The van der Waals surface area contributed by atoms with Crippen LogP contribution in [0.3, 0.4) is 0 Å². The van der Waals surface area contributed by atoms with Crippen molar-refractivity contribution in [3.05, 3.63) is 158 Å². The summed E-state index contributed by atoms with van der Waals surface area (Å²) in [5.41, 5.74) is 0. The monoisotopic (exact) mass is 1140 g/mol. The highest BCUT2D eigenvalue weighted by atomic mass is 16.6. The Morgan fingerprint density at radius 1 is 0.253 bits per heavy atom. The molecule has 0 rings (SSSR count). The van der Waals surface area contributed by atoms with Gasteiger partial charge in [-0.15, -0.1) is 0 Å². The van der Waals surface area contributed by atoms with E-state index < -0.39 is 6.10 Å². The van der Waals surface area contributed by atoms with Crippen molar-refractivity contribution in [1.29, 1.82) is 0 Å². The summed E-state index contributed by atoms with van der Waals surface area (Å²) in [5, 5.41) is 0. The average molecular weight is 1150 g/mol. The van der Waals surface area contributed by atoms with E-state index in [0.717, 1.165) is 135 Å². The van der Waals surface area contributed by atoms with Crippen molar-refractivity contribution in [3.63, 3.8) is 0 Å². The molecule has 0 aliphatic rings. The van der Waals surface area contributed by atoms with E-state index >= 15 is 0 Å². The van der Waals surface area contributed by atoms with Crippen molar-refractivity contribution >= 4 is 17.9 Å². The summed E-state index contributed by atoms with van der Waals surface area (Å²) in [5.74, 6) is -0.962. The van der Waals surface area contributed by atoms with Gasteiger partial charge in [-0.1, -0.05) is 281 Å². The number of rotatable bonds is 60. The SMILES string of the molecule is CC/C=C\C/C=C\C/C=C\C/C=C\C/C=C\C/C=C\C/C=C\C/C=C\CCCCC(=O)OCC(COC(=O)CCCCCCCCC/C=C\C/C=C\C/C=C\CC)OC(=O)CCCCCCCCCCC/C=C\C/C=C\CCCCCCC. The molecule has 0 saturated heterocycles. The van der Waals surface area contributed by atoms with Gasteiger partial charge in [-0.2, -0.15) is 0 Å². The van der Waals surface area contributed by atoms with Crippen LogP contribution < -0.4 is 0 Å². The van der Waals surface area contributed by atoms with E-state index in [0.29, 0.717) is 25.7 Å². The molecule has 0 heterocycles. The number of hydrogen-bond acceptors (Lipinski definition) is 6. The van der Waals surface area contributed by atoms with Gasteiger partial charge in [0, 0.05) is 19.3 Å². The van der Waals surface area contributed by atoms with Crippen LogP contribution in [0.4, 0.5) is 0 Å². The minimum atomic E-state index is -0.813. The lowest BCUT2D eigenvalue weighted by molar-refractivity contribution is -0.167. The molecule has 83 heavy (non-hydrogen) atoms. The van der Waals surface area contributed by atoms with Crippen LogP contribution in [0, 0.1) is 0 Å². The molecule has 0 bridgehead atoms. The lowest BCUT2D eigenvalue weighted by Crippen LogP contribution is -2.30. The summed E-state index contributed by atoms with van der Waals surface area (Å²) in [6.07, 6.45) is 101. The first-order chi connectivity index (χ1) is 41.0. The molecule has 0 aromatic heterocycles. The molecular weight excluding hydrogens is 1020 g/mol. The Labute approximate surface area is 511 Å². The first kappa shape index (κ1) is 78.0. The molecule has 0 aromatic carbocycles. The van der Waals surface area contributed by atoms with Crippen molar-refractivity contribution in [2.24, 2.45) is 0 Å². The van der Waals surface area contributed by atoms with Gasteiger partial charge in [0.2, 0.25) is 0 Å². The third-order valence-electron chi connectivity index (χ3n) is 14.0. The summed E-state index contributed by atoms with van der Waals surface area (Å²) in [6.45, 7) is 6.37. The Morgan fingerprint density at radius 3 is 0.759 bits per heavy atom. The quantitative estimate of drug-likeness (QED) is 0.0261. The Kier molecular flexibility index (Phi) is 65.4. The largest absolute Gasteiger partial charge is 0.462 e. The van der Waals surface area contributed by atoms with Crippen LogP contribution in [-0.4, -0.2) is 37.2 Å². The summed E-state index contributed by atoms with van der Waals surface area (Å²) < 4.78 is 16.9. The number of hydrogen-bond donors (Lipinski definition) is 0. The van der Waals surface area contributed by atoms with Gasteiger partial charge >= 0.3 is 17.9 Å². The van der Waals surface area contributed by atoms with Crippen LogP contribution in [0.15, 0.2) is 158 Å². The maximum absolute atomic E-state index is 13.0. The minimum Gasteiger partial charge on any atom is -0.462 e. The fourth-order valence-electron chi connectivity index (χ4n) is 8.97. The minimum absolute atomic E-state index is 0.105. The number of carbonyl (C=O) groups excluding carboxylic acids is 3. The molecule has 468 valence electrons. The van der Waals surface area contributed by atoms with Gasteiger partial charge in [0.25, 0.3) is 0 Å². The van der Waals surface area contributed by atoms with Crippen LogP contribution in [0.5, 0.6) is 0 Å². The Bertz CT molecular complexity index is 1840.